The molecule has 0 aromatic carbocycles. The number of aliphatic hydroxyl groups excluding tert-OH is 2. The van der Waals surface area contributed by atoms with Crippen LogP contribution in [-0.2, 0) is 14.3 Å². The Morgan fingerprint density at radius 3 is 2.73 bits per heavy atom. The molecule has 3 amide bonds. The molecule has 17 nitrogen and oxygen atoms in total. The second-order valence-corrected chi connectivity index (χ2v) is 16.6. The monoisotopic (exact) mass is 804 g/mol. The van der Waals surface area contributed by atoms with E-state index in [0.717, 1.165) is 76.5 Å². The van der Waals surface area contributed by atoms with E-state index in [1.807, 2.05) is 18.0 Å². The number of nitrogens with two attached hydrogens (primary N) is 1. The lowest BCUT2D eigenvalue weighted by Gasteiger charge is -2.16. The van der Waals surface area contributed by atoms with E-state index in [1.165, 1.54) is 29.0 Å². The highest BCUT2D eigenvalue weighted by Crippen LogP contribution is 2.34. The number of nitrogens with zero attached hydrogens (tertiary/aromatic N) is 6. The Balaban J connectivity index is 0.819. The lowest BCUT2D eigenvalue weighted by atomic mass is 10.0. The topological polar surface area (TPSA) is 252 Å². The minimum atomic E-state index is -1.20. The van der Waals surface area contributed by atoms with E-state index in [0.29, 0.717) is 53.7 Å². The number of ether oxygens (including phenoxy) is 1. The number of nitrogen functional groups attached to an aromatic ring is 1. The molecule has 5 heterocycles. The van der Waals surface area contributed by atoms with Gasteiger partial charge in [-0.3, -0.25) is 19.3 Å². The van der Waals surface area contributed by atoms with Crippen LogP contribution in [-0.4, -0.2) is 137 Å². The molecule has 5 rings (SSSR count). The van der Waals surface area contributed by atoms with E-state index >= 15 is 0 Å². The van der Waals surface area contributed by atoms with E-state index in [4.69, 9.17) is 10.5 Å². The number of aliphatic imine (C=N–C) groups is 2. The summed E-state index contributed by atoms with van der Waals surface area (Å²) in [6.45, 7) is 1.49. The lowest BCUT2D eigenvalue weighted by molar-refractivity contribution is -0.138. The number of rotatable bonds is 25. The van der Waals surface area contributed by atoms with Gasteiger partial charge in [0.15, 0.2) is 17.7 Å². The van der Waals surface area contributed by atoms with E-state index < -0.39 is 36.6 Å². The summed E-state index contributed by atoms with van der Waals surface area (Å²) in [6.07, 6.45) is 13.8. The van der Waals surface area contributed by atoms with Crippen molar-refractivity contribution in [1.29, 1.82) is 0 Å². The summed E-state index contributed by atoms with van der Waals surface area (Å²) in [4.78, 5) is 56.5. The first kappa shape index (κ1) is 42.6. The van der Waals surface area contributed by atoms with Crippen molar-refractivity contribution in [3.63, 3.8) is 0 Å². The van der Waals surface area contributed by atoms with Gasteiger partial charge in [-0.2, -0.15) is 23.5 Å². The van der Waals surface area contributed by atoms with Crippen molar-refractivity contribution in [3.8, 4) is 0 Å². The first-order valence-electron chi connectivity index (χ1n) is 19.4. The molecule has 3 fully saturated rings. The summed E-state index contributed by atoms with van der Waals surface area (Å²) in [5.74, 6) is 1.17. The van der Waals surface area contributed by atoms with Crippen LogP contribution in [0.4, 0.5) is 10.6 Å². The molecule has 2 aromatic rings. The summed E-state index contributed by atoms with van der Waals surface area (Å²) < 4.78 is 7.48. The van der Waals surface area contributed by atoms with Crippen molar-refractivity contribution in [2.24, 2.45) is 9.98 Å². The number of unbranched alkanes of at least 4 members (excludes halogenated alkanes) is 7. The third kappa shape index (κ3) is 12.7. The molecular formula is C36H56N10O7S2. The number of aliphatic hydroxyl groups is 2. The highest BCUT2D eigenvalue weighted by atomic mass is 32.2. The van der Waals surface area contributed by atoms with E-state index in [9.17, 15) is 29.7 Å². The number of urea groups is 1. The molecule has 3 aliphatic heterocycles. The van der Waals surface area contributed by atoms with Crippen molar-refractivity contribution in [3.05, 3.63) is 12.7 Å². The van der Waals surface area contributed by atoms with Gasteiger partial charge in [0.25, 0.3) is 0 Å². The predicted octanol–water partition coefficient (Wildman–Crippen LogP) is 2.71. The van der Waals surface area contributed by atoms with E-state index in [1.54, 1.807) is 6.21 Å². The van der Waals surface area contributed by atoms with E-state index in [2.05, 4.69) is 40.9 Å². The van der Waals surface area contributed by atoms with Crippen LogP contribution in [0.5, 0.6) is 0 Å². The Morgan fingerprint density at radius 2 is 1.89 bits per heavy atom. The zero-order chi connectivity index (χ0) is 39.0. The largest absolute Gasteiger partial charge is 0.480 e. The average Bonchev–Trinajstić information content (AvgIpc) is 3.93. The third-order valence-electron chi connectivity index (χ3n) is 10.0. The number of carbonyl (C=O) groups is 3. The Bertz CT molecular complexity index is 1600. The van der Waals surface area contributed by atoms with Crippen LogP contribution in [0.25, 0.3) is 11.2 Å². The highest BCUT2D eigenvalue weighted by molar-refractivity contribution is 8.00. The lowest BCUT2D eigenvalue weighted by Crippen LogP contribution is -2.36. The maximum atomic E-state index is 12.1. The summed E-state index contributed by atoms with van der Waals surface area (Å²) in [5, 5.41) is 40.3. The molecule has 0 saturated carbocycles. The minimum absolute atomic E-state index is 0.0578. The van der Waals surface area contributed by atoms with Gasteiger partial charge < -0.3 is 41.7 Å². The van der Waals surface area contributed by atoms with Gasteiger partial charge in [0.1, 0.15) is 30.1 Å². The maximum absolute atomic E-state index is 12.1. The fourth-order valence-corrected chi connectivity index (χ4v) is 9.54. The number of fused-ring (bicyclic) bond motifs is 2. The number of imidazole rings is 1. The smallest absolute Gasteiger partial charge is 0.328 e. The van der Waals surface area contributed by atoms with Crippen LogP contribution in [0.3, 0.4) is 0 Å². The average molecular weight is 805 g/mol. The molecule has 0 aliphatic carbocycles. The normalized spacial score (nSPS) is 25.5. The molecular weight excluding hydrogens is 749 g/mol. The Hall–Kier alpha value is -3.52. The summed E-state index contributed by atoms with van der Waals surface area (Å²) in [7, 11) is 0. The summed E-state index contributed by atoms with van der Waals surface area (Å²) in [6, 6.07) is -0.423. The predicted molar refractivity (Wildman–Crippen MR) is 215 cm³/mol. The van der Waals surface area contributed by atoms with Gasteiger partial charge in [-0.15, -0.1) is 0 Å². The van der Waals surface area contributed by atoms with Crippen molar-refractivity contribution in [1.82, 2.24) is 35.5 Å². The number of hydrogen-bond acceptors (Lipinski definition) is 14. The maximum Gasteiger partial charge on any atom is 0.328 e. The first-order chi connectivity index (χ1) is 26.7. The number of carbonyl (C=O) groups excluding carboxylic acids is 2. The summed E-state index contributed by atoms with van der Waals surface area (Å²) >= 11 is 3.35. The van der Waals surface area contributed by atoms with Crippen LogP contribution in [0, 0.1) is 0 Å². The van der Waals surface area contributed by atoms with Crippen LogP contribution in [0.15, 0.2) is 22.6 Å². The number of carboxylic acids is 1. The SMILES string of the molecule is Nc1ncnc2c1ncn2[C@H]1O[C@H](CSCC[C@H](N=CCCCCCC=NCCCCCNC(=O)CCCC[C@@H]2SC[C@@H]3NC(=O)N[C@@H]32)C(=O)O)[C@@H](O)[C@H]1O. The van der Waals surface area contributed by atoms with Gasteiger partial charge in [0.2, 0.25) is 5.91 Å². The van der Waals surface area contributed by atoms with E-state index in [-0.39, 0.29) is 29.8 Å². The Labute approximate surface area is 329 Å². The van der Waals surface area contributed by atoms with Gasteiger partial charge in [0, 0.05) is 36.3 Å². The molecule has 55 heavy (non-hydrogen) atoms. The quantitative estimate of drug-likeness (QED) is 0.0434. The standard InChI is InChI=1S/C36H56N10O7S2/c37-32-29-33(42-21-41-32)46(22-43-29)34-31(49)30(48)25(53-34)20-54-18-13-23(35(50)51)39-16-9-3-1-2-7-14-38-15-8-4-10-17-40-27(47)12-6-5-11-26-28-24(19-55-26)44-36(52)45-28/h14,16,21-26,28,30-31,34,48-49H,1-13,15,17-20H2,(H,40,47)(H,50,51)(H2,37,41,42)(H2,44,45,52)/t23-,24-,25+,26-,28-,30+,31+,34-/m0/s1. The van der Waals surface area contributed by atoms with Crippen molar-refractivity contribution < 1.29 is 34.4 Å². The molecule has 19 heteroatoms. The van der Waals surface area contributed by atoms with Gasteiger partial charge in [-0.1, -0.05) is 12.8 Å². The molecule has 2 aromatic heterocycles. The molecule has 8 atom stereocenters. The second kappa shape index (κ2) is 22.3. The number of thioether (sulfide) groups is 2. The number of carboxylic acid groups (broad SMARTS) is 1. The molecule has 8 N–H and O–H groups in total. The zero-order valence-electron chi connectivity index (χ0n) is 31.2. The first-order valence-corrected chi connectivity index (χ1v) is 21.6. The number of hydrogen-bond donors (Lipinski definition) is 7. The van der Waals surface area contributed by atoms with Crippen LogP contribution in [0.1, 0.15) is 89.7 Å². The summed E-state index contributed by atoms with van der Waals surface area (Å²) in [5.41, 5.74) is 6.63. The molecule has 3 saturated heterocycles. The molecule has 304 valence electrons. The fourth-order valence-electron chi connectivity index (χ4n) is 6.94. The van der Waals surface area contributed by atoms with Gasteiger partial charge >= 0.3 is 12.0 Å². The fraction of sp³-hybridized carbons (Fsp3) is 0.722. The number of amides is 3. The molecule has 0 spiro atoms. The number of aromatic nitrogens is 4. The third-order valence-corrected chi connectivity index (χ3v) is 12.6. The molecule has 0 radical (unpaired) electrons. The van der Waals surface area contributed by atoms with Crippen molar-refractivity contribution in [2.75, 3.05) is 36.1 Å². The number of nitrogens with one attached hydrogen (secondary N) is 3. The van der Waals surface area contributed by atoms with Gasteiger partial charge in [-0.05, 0) is 82.4 Å². The minimum Gasteiger partial charge on any atom is -0.480 e. The molecule has 0 bridgehead atoms. The highest BCUT2D eigenvalue weighted by Gasteiger charge is 2.44. The van der Waals surface area contributed by atoms with Crippen LogP contribution >= 0.6 is 23.5 Å². The van der Waals surface area contributed by atoms with Gasteiger partial charge in [0.05, 0.1) is 24.5 Å². The van der Waals surface area contributed by atoms with Crippen molar-refractivity contribution >= 4 is 70.8 Å². The number of anilines is 1. The second-order valence-electron chi connectivity index (χ2n) is 14.2. The number of aliphatic carboxylic acids is 1. The van der Waals surface area contributed by atoms with Crippen LogP contribution in [0.2, 0.25) is 0 Å². The molecule has 3 aliphatic rings. The Kier molecular flexibility index (Phi) is 17.3. The van der Waals surface area contributed by atoms with Crippen LogP contribution < -0.4 is 21.7 Å². The zero-order valence-corrected chi connectivity index (χ0v) is 32.8. The van der Waals surface area contributed by atoms with Gasteiger partial charge in [-0.25, -0.2) is 24.5 Å². The molecule has 0 unspecified atom stereocenters. The Morgan fingerprint density at radius 1 is 1.07 bits per heavy atom. The van der Waals surface area contributed by atoms with Crippen molar-refractivity contribution in [2.45, 2.75) is 131 Å².